The number of thiazole rings is 1. The number of aromatic nitrogens is 1. The molecule has 0 aliphatic rings. The van der Waals surface area contributed by atoms with E-state index >= 15 is 0 Å². The summed E-state index contributed by atoms with van der Waals surface area (Å²) in [6.07, 6.45) is 1.55. The maximum Gasteiger partial charge on any atom is 0.315 e. The highest BCUT2D eigenvalue weighted by Gasteiger charge is 2.12. The second kappa shape index (κ2) is 4.56. The van der Waals surface area contributed by atoms with Crippen LogP contribution in [-0.4, -0.2) is 23.3 Å². The Morgan fingerprint density at radius 2 is 2.31 bits per heavy atom. The lowest BCUT2D eigenvalue weighted by atomic mass is 10.5. The van der Waals surface area contributed by atoms with E-state index in [1.54, 1.807) is 18.5 Å². The maximum absolute atomic E-state index is 11.0. The van der Waals surface area contributed by atoms with Crippen LogP contribution in [0.15, 0.2) is 11.6 Å². The van der Waals surface area contributed by atoms with E-state index in [1.807, 2.05) is 0 Å². The first-order valence-corrected chi connectivity index (χ1v) is 4.60. The van der Waals surface area contributed by atoms with Gasteiger partial charge in [-0.05, 0) is 6.92 Å². The Hall–Kier alpha value is -1.43. The fourth-order valence-corrected chi connectivity index (χ4v) is 1.20. The second-order valence-electron chi connectivity index (χ2n) is 2.15. The summed E-state index contributed by atoms with van der Waals surface area (Å²) in [4.78, 5) is 25.8. The van der Waals surface area contributed by atoms with Crippen LogP contribution < -0.4 is 10.6 Å². The van der Waals surface area contributed by atoms with Crippen molar-refractivity contribution in [2.24, 2.45) is 0 Å². The van der Waals surface area contributed by atoms with Crippen LogP contribution in [0.2, 0.25) is 0 Å². The van der Waals surface area contributed by atoms with Crippen molar-refractivity contribution < 1.29 is 9.59 Å². The third kappa shape index (κ3) is 2.83. The van der Waals surface area contributed by atoms with E-state index in [1.165, 1.54) is 11.3 Å². The van der Waals surface area contributed by atoms with Crippen molar-refractivity contribution in [2.75, 3.05) is 11.9 Å². The van der Waals surface area contributed by atoms with Gasteiger partial charge in [-0.2, -0.15) is 0 Å². The molecule has 5 nitrogen and oxygen atoms in total. The number of carbonyl (C=O) groups excluding carboxylic acids is 2. The highest BCUT2D eigenvalue weighted by atomic mass is 32.1. The molecule has 1 heterocycles. The van der Waals surface area contributed by atoms with Crippen LogP contribution in [-0.2, 0) is 9.59 Å². The lowest BCUT2D eigenvalue weighted by Gasteiger charge is -2.00. The number of rotatable bonds is 2. The smallest absolute Gasteiger partial charge is 0.315 e. The zero-order valence-corrected chi connectivity index (χ0v) is 7.85. The number of nitrogens with zero attached hydrogens (tertiary/aromatic N) is 1. The zero-order chi connectivity index (χ0) is 9.68. The second-order valence-corrected chi connectivity index (χ2v) is 3.05. The van der Waals surface area contributed by atoms with Crippen molar-refractivity contribution in [3.05, 3.63) is 11.6 Å². The van der Waals surface area contributed by atoms with Crippen molar-refractivity contribution in [2.45, 2.75) is 6.92 Å². The van der Waals surface area contributed by atoms with E-state index in [0.717, 1.165) is 0 Å². The molecule has 1 aromatic rings. The number of hydrogen-bond acceptors (Lipinski definition) is 4. The van der Waals surface area contributed by atoms with Gasteiger partial charge in [-0.3, -0.25) is 14.9 Å². The van der Waals surface area contributed by atoms with Crippen LogP contribution in [0.4, 0.5) is 5.13 Å². The van der Waals surface area contributed by atoms with Crippen LogP contribution in [0.5, 0.6) is 0 Å². The average molecular weight is 199 g/mol. The van der Waals surface area contributed by atoms with E-state index < -0.39 is 11.8 Å². The van der Waals surface area contributed by atoms with Crippen molar-refractivity contribution in [3.63, 3.8) is 0 Å². The van der Waals surface area contributed by atoms with E-state index in [0.29, 0.717) is 11.7 Å². The van der Waals surface area contributed by atoms with Crippen LogP contribution in [0.1, 0.15) is 6.92 Å². The summed E-state index contributed by atoms with van der Waals surface area (Å²) < 4.78 is 0. The molecule has 0 bridgehead atoms. The monoisotopic (exact) mass is 199 g/mol. The van der Waals surface area contributed by atoms with Gasteiger partial charge in [-0.1, -0.05) is 0 Å². The standard InChI is InChI=1S/C7H9N3O2S/c1-2-8-5(11)6(12)10-7-9-3-4-13-7/h3-4H,2H2,1H3,(H,8,11)(H,9,10,12). The van der Waals surface area contributed by atoms with Gasteiger partial charge in [0.15, 0.2) is 5.13 Å². The lowest BCUT2D eigenvalue weighted by Crippen LogP contribution is -2.35. The molecule has 1 aromatic heterocycles. The average Bonchev–Trinajstić information content (AvgIpc) is 2.57. The first kappa shape index (κ1) is 9.66. The van der Waals surface area contributed by atoms with Gasteiger partial charge in [0.05, 0.1) is 0 Å². The molecule has 0 aromatic carbocycles. The van der Waals surface area contributed by atoms with Crippen LogP contribution >= 0.6 is 11.3 Å². The predicted molar refractivity (Wildman–Crippen MR) is 49.4 cm³/mol. The number of carbonyl (C=O) groups is 2. The van der Waals surface area contributed by atoms with Gasteiger partial charge in [0, 0.05) is 18.1 Å². The molecule has 70 valence electrons. The van der Waals surface area contributed by atoms with E-state index in [9.17, 15) is 9.59 Å². The topological polar surface area (TPSA) is 71.1 Å². The van der Waals surface area contributed by atoms with Gasteiger partial charge in [0.25, 0.3) is 0 Å². The first-order valence-electron chi connectivity index (χ1n) is 3.72. The molecule has 0 fully saturated rings. The van der Waals surface area contributed by atoms with E-state index in [4.69, 9.17) is 0 Å². The molecular formula is C7H9N3O2S. The van der Waals surface area contributed by atoms with Crippen molar-refractivity contribution in [1.82, 2.24) is 10.3 Å². The van der Waals surface area contributed by atoms with Crippen LogP contribution in [0, 0.1) is 0 Å². The molecule has 1 rings (SSSR count). The molecule has 0 aliphatic carbocycles. The Kier molecular flexibility index (Phi) is 3.39. The summed E-state index contributed by atoms with van der Waals surface area (Å²) in [5, 5.41) is 6.89. The maximum atomic E-state index is 11.0. The highest BCUT2D eigenvalue weighted by Crippen LogP contribution is 2.09. The van der Waals surface area contributed by atoms with Crippen LogP contribution in [0.25, 0.3) is 0 Å². The van der Waals surface area contributed by atoms with Gasteiger partial charge in [-0.25, -0.2) is 4.98 Å². The van der Waals surface area contributed by atoms with Crippen molar-refractivity contribution in [1.29, 1.82) is 0 Å². The number of anilines is 1. The van der Waals surface area contributed by atoms with Gasteiger partial charge in [0.1, 0.15) is 0 Å². The Balaban J connectivity index is 2.46. The minimum Gasteiger partial charge on any atom is -0.348 e. The molecule has 0 spiro atoms. The summed E-state index contributed by atoms with van der Waals surface area (Å²) in [6.45, 7) is 2.18. The SMILES string of the molecule is CCNC(=O)C(=O)Nc1nccs1. The molecule has 13 heavy (non-hydrogen) atoms. The number of nitrogens with one attached hydrogen (secondary N) is 2. The number of likely N-dealkylation sites (N-methyl/N-ethyl adjacent to an activating group) is 1. The Labute approximate surface area is 79.2 Å². The Bertz CT molecular complexity index is 297. The quantitative estimate of drug-likeness (QED) is 0.669. The fourth-order valence-electron chi connectivity index (χ4n) is 0.680. The summed E-state index contributed by atoms with van der Waals surface area (Å²) in [7, 11) is 0. The molecule has 0 unspecified atom stereocenters. The largest absolute Gasteiger partial charge is 0.348 e. The molecule has 6 heteroatoms. The third-order valence-electron chi connectivity index (χ3n) is 1.20. The number of hydrogen-bond donors (Lipinski definition) is 2. The van der Waals surface area contributed by atoms with Gasteiger partial charge >= 0.3 is 11.8 Å². The highest BCUT2D eigenvalue weighted by molar-refractivity contribution is 7.13. The molecular weight excluding hydrogens is 190 g/mol. The fraction of sp³-hybridized carbons (Fsp3) is 0.286. The van der Waals surface area contributed by atoms with Crippen LogP contribution in [0.3, 0.4) is 0 Å². The summed E-state index contributed by atoms with van der Waals surface area (Å²) in [5.74, 6) is -1.32. The molecule has 2 amide bonds. The molecule has 0 radical (unpaired) electrons. The Morgan fingerprint density at radius 3 is 2.85 bits per heavy atom. The summed E-state index contributed by atoms with van der Waals surface area (Å²) in [6, 6.07) is 0. The minimum atomic E-state index is -0.684. The van der Waals surface area contributed by atoms with E-state index in [-0.39, 0.29) is 0 Å². The molecule has 2 N–H and O–H groups in total. The molecule has 0 atom stereocenters. The zero-order valence-electron chi connectivity index (χ0n) is 7.03. The lowest BCUT2D eigenvalue weighted by molar-refractivity contribution is -0.136. The molecule has 0 saturated heterocycles. The minimum absolute atomic E-state index is 0.427. The van der Waals surface area contributed by atoms with E-state index in [2.05, 4.69) is 15.6 Å². The Morgan fingerprint density at radius 1 is 1.54 bits per heavy atom. The third-order valence-corrected chi connectivity index (χ3v) is 1.88. The first-order chi connectivity index (χ1) is 6.24. The van der Waals surface area contributed by atoms with Crippen molar-refractivity contribution in [3.8, 4) is 0 Å². The van der Waals surface area contributed by atoms with Gasteiger partial charge in [0.2, 0.25) is 0 Å². The normalized spacial score (nSPS) is 9.31. The number of amides is 2. The molecule has 0 saturated carbocycles. The molecule has 0 aliphatic heterocycles. The summed E-state index contributed by atoms with van der Waals surface area (Å²) in [5.41, 5.74) is 0. The summed E-state index contributed by atoms with van der Waals surface area (Å²) >= 11 is 1.26. The van der Waals surface area contributed by atoms with Gasteiger partial charge in [-0.15, -0.1) is 11.3 Å². The van der Waals surface area contributed by atoms with Gasteiger partial charge < -0.3 is 5.32 Å². The predicted octanol–water partition coefficient (Wildman–Crippen LogP) is 0.218. The van der Waals surface area contributed by atoms with Crippen molar-refractivity contribution >= 4 is 28.3 Å².